The highest BCUT2D eigenvalue weighted by atomic mass is 16.3. The summed E-state index contributed by atoms with van der Waals surface area (Å²) in [6.07, 6.45) is 0. The lowest BCUT2D eigenvalue weighted by Crippen LogP contribution is -2.39. The van der Waals surface area contributed by atoms with E-state index in [1.807, 2.05) is 32.0 Å². The van der Waals surface area contributed by atoms with E-state index in [0.29, 0.717) is 5.71 Å². The van der Waals surface area contributed by atoms with E-state index in [1.54, 1.807) is 6.92 Å². The number of nitrogens with zero attached hydrogens (tertiary/aromatic N) is 3. The molecule has 6 heteroatoms. The van der Waals surface area contributed by atoms with Crippen molar-refractivity contribution in [2.45, 2.75) is 20.8 Å². The van der Waals surface area contributed by atoms with Crippen molar-refractivity contribution >= 4 is 11.4 Å². The topological polar surface area (TPSA) is 76.6 Å². The molecule has 116 valence electrons. The normalized spacial score (nSPS) is 11.8. The molecule has 0 atom stereocenters. The van der Waals surface area contributed by atoms with Crippen molar-refractivity contribution in [3.63, 3.8) is 0 Å². The third-order valence-corrected chi connectivity index (χ3v) is 3.71. The molecule has 0 aliphatic carbocycles. The summed E-state index contributed by atoms with van der Waals surface area (Å²) in [7, 11) is 2.78. The largest absolute Gasteiger partial charge is 0.494 e. The Morgan fingerprint density at radius 3 is 2.18 bits per heavy atom. The quantitative estimate of drug-likeness (QED) is 0.855. The molecule has 0 amide bonds. The molecule has 1 aromatic heterocycles. The van der Waals surface area contributed by atoms with Crippen molar-refractivity contribution in [1.82, 2.24) is 9.13 Å². The minimum Gasteiger partial charge on any atom is -0.494 e. The summed E-state index contributed by atoms with van der Waals surface area (Å²) < 4.78 is 1.99. The molecule has 0 saturated carbocycles. The number of hydrogen-bond donors (Lipinski definition) is 1. The van der Waals surface area contributed by atoms with Gasteiger partial charge in [-0.05, 0) is 31.9 Å². The summed E-state index contributed by atoms with van der Waals surface area (Å²) in [5.74, 6) is -0.374. The van der Waals surface area contributed by atoms with Crippen LogP contribution in [0, 0.1) is 13.8 Å². The molecule has 0 spiro atoms. The highest BCUT2D eigenvalue weighted by Crippen LogP contribution is 2.24. The molecule has 1 heterocycles. The Hall–Kier alpha value is -2.63. The molecule has 0 saturated heterocycles. The van der Waals surface area contributed by atoms with Gasteiger partial charge in [-0.15, -0.1) is 0 Å². The van der Waals surface area contributed by atoms with Gasteiger partial charge in [0, 0.05) is 14.1 Å². The van der Waals surface area contributed by atoms with Gasteiger partial charge in [0.05, 0.1) is 11.4 Å². The SMILES string of the molecule is CC(=Nc1c(C)cccc1C)c1c(O)n(C)c(=O)n(C)c1=O. The zero-order valence-corrected chi connectivity index (χ0v) is 13.3. The highest BCUT2D eigenvalue weighted by Gasteiger charge is 2.17. The van der Waals surface area contributed by atoms with Crippen LogP contribution in [-0.4, -0.2) is 20.0 Å². The molecular formula is C16H19N3O3. The van der Waals surface area contributed by atoms with Crippen LogP contribution in [0.5, 0.6) is 5.88 Å². The number of aromatic nitrogens is 2. The van der Waals surface area contributed by atoms with Crippen molar-refractivity contribution in [3.05, 3.63) is 55.7 Å². The average Bonchev–Trinajstić information content (AvgIpc) is 2.47. The van der Waals surface area contributed by atoms with Crippen LogP contribution >= 0.6 is 0 Å². The second kappa shape index (κ2) is 5.63. The van der Waals surface area contributed by atoms with Crippen molar-refractivity contribution < 1.29 is 5.11 Å². The van der Waals surface area contributed by atoms with Crippen LogP contribution in [0.4, 0.5) is 5.69 Å². The minimum atomic E-state index is -0.578. The van der Waals surface area contributed by atoms with Crippen LogP contribution in [0.2, 0.25) is 0 Å². The Bertz CT molecular complexity index is 868. The molecule has 0 aliphatic heterocycles. The van der Waals surface area contributed by atoms with E-state index in [0.717, 1.165) is 25.9 Å². The van der Waals surface area contributed by atoms with Gasteiger partial charge in [0.25, 0.3) is 5.56 Å². The Labute approximate surface area is 128 Å². The number of aryl methyl sites for hydroxylation is 2. The van der Waals surface area contributed by atoms with Crippen LogP contribution in [0.1, 0.15) is 23.6 Å². The first-order chi connectivity index (χ1) is 10.3. The first-order valence-electron chi connectivity index (χ1n) is 6.86. The lowest BCUT2D eigenvalue weighted by molar-refractivity contribution is 0.410. The number of para-hydroxylation sites is 1. The van der Waals surface area contributed by atoms with E-state index in [2.05, 4.69) is 4.99 Å². The summed E-state index contributed by atoms with van der Waals surface area (Å²) in [5, 5.41) is 10.1. The molecule has 22 heavy (non-hydrogen) atoms. The smallest absolute Gasteiger partial charge is 0.333 e. The maximum atomic E-state index is 12.3. The second-order valence-corrected chi connectivity index (χ2v) is 5.34. The molecule has 0 aliphatic rings. The van der Waals surface area contributed by atoms with Gasteiger partial charge in [-0.25, -0.2) is 4.79 Å². The zero-order chi connectivity index (χ0) is 16.6. The number of hydrogen-bond acceptors (Lipinski definition) is 4. The van der Waals surface area contributed by atoms with Crippen molar-refractivity contribution in [1.29, 1.82) is 0 Å². The van der Waals surface area contributed by atoms with E-state index in [1.165, 1.54) is 14.1 Å². The van der Waals surface area contributed by atoms with Gasteiger partial charge in [-0.2, -0.15) is 0 Å². The van der Waals surface area contributed by atoms with Crippen LogP contribution in [0.3, 0.4) is 0 Å². The van der Waals surface area contributed by atoms with E-state index >= 15 is 0 Å². The van der Waals surface area contributed by atoms with Gasteiger partial charge in [-0.1, -0.05) is 18.2 Å². The molecular weight excluding hydrogens is 282 g/mol. The minimum absolute atomic E-state index is 0.0345. The fourth-order valence-corrected chi connectivity index (χ4v) is 2.36. The molecule has 0 fully saturated rings. The summed E-state index contributed by atoms with van der Waals surface area (Å²) in [5.41, 5.74) is 1.97. The molecule has 0 unspecified atom stereocenters. The van der Waals surface area contributed by atoms with Crippen LogP contribution in [0.25, 0.3) is 0 Å². The maximum absolute atomic E-state index is 12.3. The number of aromatic hydroxyl groups is 1. The van der Waals surface area contributed by atoms with Gasteiger partial charge in [-0.3, -0.25) is 18.9 Å². The number of rotatable bonds is 2. The van der Waals surface area contributed by atoms with E-state index in [4.69, 9.17) is 0 Å². The predicted octanol–water partition coefficient (Wildman–Crippen LogP) is 1.55. The van der Waals surface area contributed by atoms with E-state index < -0.39 is 11.2 Å². The first-order valence-corrected chi connectivity index (χ1v) is 6.86. The van der Waals surface area contributed by atoms with Gasteiger partial charge in [0.2, 0.25) is 5.88 Å². The van der Waals surface area contributed by atoms with Gasteiger partial charge in [0.1, 0.15) is 5.56 Å². The van der Waals surface area contributed by atoms with Crippen molar-refractivity contribution in [2.24, 2.45) is 19.1 Å². The molecule has 1 aromatic carbocycles. The van der Waals surface area contributed by atoms with Gasteiger partial charge >= 0.3 is 5.69 Å². The van der Waals surface area contributed by atoms with Crippen LogP contribution in [-0.2, 0) is 14.1 Å². The van der Waals surface area contributed by atoms with Gasteiger partial charge < -0.3 is 5.11 Å². The lowest BCUT2D eigenvalue weighted by Gasteiger charge is -2.11. The standard InChI is InChI=1S/C16H19N3O3/c1-9-7-6-8-10(2)13(9)17-11(3)12-14(20)18(4)16(22)19(5)15(12)21/h6-8,20H,1-5H3. The molecule has 2 rings (SSSR count). The maximum Gasteiger partial charge on any atom is 0.333 e. The first kappa shape index (κ1) is 15.8. The molecule has 0 radical (unpaired) electrons. The number of aliphatic imine (C=N–C) groups is 1. The summed E-state index contributed by atoms with van der Waals surface area (Å²) in [6.45, 7) is 5.50. The Morgan fingerprint density at radius 2 is 1.64 bits per heavy atom. The third kappa shape index (κ3) is 2.47. The Balaban J connectivity index is 2.75. The lowest BCUT2D eigenvalue weighted by atomic mass is 10.1. The average molecular weight is 301 g/mol. The van der Waals surface area contributed by atoms with Crippen LogP contribution < -0.4 is 11.2 Å². The fraction of sp³-hybridized carbons (Fsp3) is 0.312. The summed E-state index contributed by atoms with van der Waals surface area (Å²) >= 11 is 0. The Morgan fingerprint density at radius 1 is 1.09 bits per heavy atom. The Kier molecular flexibility index (Phi) is 4.03. The molecule has 6 nitrogen and oxygen atoms in total. The number of benzene rings is 1. The zero-order valence-electron chi connectivity index (χ0n) is 13.3. The van der Waals surface area contributed by atoms with Gasteiger partial charge in [0.15, 0.2) is 0 Å². The third-order valence-electron chi connectivity index (χ3n) is 3.71. The highest BCUT2D eigenvalue weighted by molar-refractivity contribution is 6.02. The fourth-order valence-electron chi connectivity index (χ4n) is 2.36. The summed E-state index contributed by atoms with van der Waals surface area (Å²) in [6, 6.07) is 5.79. The summed E-state index contributed by atoms with van der Waals surface area (Å²) in [4.78, 5) is 28.5. The predicted molar refractivity (Wildman–Crippen MR) is 86.4 cm³/mol. The molecule has 2 aromatic rings. The molecule has 0 bridgehead atoms. The second-order valence-electron chi connectivity index (χ2n) is 5.34. The van der Waals surface area contributed by atoms with Crippen molar-refractivity contribution in [3.8, 4) is 5.88 Å². The van der Waals surface area contributed by atoms with Crippen molar-refractivity contribution in [2.75, 3.05) is 0 Å². The van der Waals surface area contributed by atoms with Crippen LogP contribution in [0.15, 0.2) is 32.8 Å². The van der Waals surface area contributed by atoms with E-state index in [-0.39, 0.29) is 11.4 Å². The van der Waals surface area contributed by atoms with E-state index in [9.17, 15) is 14.7 Å². The monoisotopic (exact) mass is 301 g/mol. The molecule has 1 N–H and O–H groups in total.